The van der Waals surface area contributed by atoms with Gasteiger partial charge in [0.1, 0.15) is 93.9 Å². The Balaban J connectivity index is 0.000000216. The molecule has 13 aromatic rings. The minimum atomic E-state index is -4.70. The fourth-order valence-corrected chi connectivity index (χ4v) is 16.4. The van der Waals surface area contributed by atoms with Crippen LogP contribution in [0.15, 0.2) is 203 Å². The van der Waals surface area contributed by atoms with Crippen LogP contribution in [0, 0.1) is 34.9 Å². The van der Waals surface area contributed by atoms with Gasteiger partial charge in [-0.25, -0.2) is 50.3 Å². The molecule has 0 fully saturated rings. The summed E-state index contributed by atoms with van der Waals surface area (Å²) in [6, 6.07) is 18.7. The number of anilines is 3. The van der Waals surface area contributed by atoms with E-state index in [1.165, 1.54) is 107 Å². The molecule has 780 valence electrons. The molecule has 0 radical (unpaired) electrons. The van der Waals surface area contributed by atoms with E-state index in [0.717, 1.165) is 44.3 Å². The number of benzene rings is 7. The Bertz CT molecular complexity index is 7270. The fraction of sp³-hybridized carbons (Fsp3) is 0.281. The molecule has 6 aromatic heterocycles. The molecule has 0 saturated heterocycles. The number of amides is 3. The van der Waals surface area contributed by atoms with Crippen molar-refractivity contribution in [2.45, 2.75) is 127 Å². The quantitative estimate of drug-likeness (QED) is 0.00901. The summed E-state index contributed by atoms with van der Waals surface area (Å²) in [6.45, 7) is 3.73. The number of carbonyl (C=O) groups excluding carboxylic acids is 6. The van der Waals surface area contributed by atoms with Crippen LogP contribution < -0.4 is 65.6 Å². The van der Waals surface area contributed by atoms with E-state index in [-0.39, 0.29) is 53.5 Å². The molecule has 51 heteroatoms. The van der Waals surface area contributed by atoms with Crippen molar-refractivity contribution in [1.82, 2.24) is 54.2 Å². The van der Waals surface area contributed by atoms with E-state index in [9.17, 15) is 134 Å². The van der Waals surface area contributed by atoms with Gasteiger partial charge in [-0.15, -0.1) is 0 Å². The van der Waals surface area contributed by atoms with E-state index in [1.807, 2.05) is 40.2 Å². The number of esters is 3. The molecule has 7 aromatic carbocycles. The minimum absolute atomic E-state index is 0.0828. The summed E-state index contributed by atoms with van der Waals surface area (Å²) in [5, 5.41) is 44.0. The van der Waals surface area contributed by atoms with Crippen LogP contribution in [0.2, 0.25) is 0 Å². The van der Waals surface area contributed by atoms with E-state index in [1.54, 1.807) is 68.0 Å². The van der Waals surface area contributed by atoms with Crippen LogP contribution >= 0.6 is 47.8 Å². The molecule has 7 atom stereocenters. The van der Waals surface area contributed by atoms with Crippen LogP contribution in [0.5, 0.6) is 0 Å². The highest BCUT2D eigenvalue weighted by Crippen LogP contribution is 2.36. The maximum atomic E-state index is 14.8. The number of carbonyl (C=O) groups is 7. The topological polar surface area (TPSA) is 446 Å². The van der Waals surface area contributed by atoms with Crippen LogP contribution in [-0.4, -0.2) is 184 Å². The summed E-state index contributed by atoms with van der Waals surface area (Å²) in [4.78, 5) is 151. The van der Waals surface area contributed by atoms with E-state index >= 15 is 0 Å². The van der Waals surface area contributed by atoms with E-state index < -0.39 is 202 Å². The summed E-state index contributed by atoms with van der Waals surface area (Å²) in [7, 11) is 7.46. The predicted molar refractivity (Wildman–Crippen MR) is 523 cm³/mol. The smallest absolute Gasteiger partial charge is 0.480 e. The average Bonchev–Trinajstić information content (AvgIpc) is 0.760. The number of halogens is 18. The molecule has 6 heterocycles. The van der Waals surface area contributed by atoms with Crippen LogP contribution in [0.1, 0.15) is 93.4 Å². The van der Waals surface area contributed by atoms with Crippen molar-refractivity contribution in [3.8, 4) is 11.1 Å². The van der Waals surface area contributed by atoms with Gasteiger partial charge in [0.15, 0.2) is 0 Å². The summed E-state index contributed by atoms with van der Waals surface area (Å²) >= 11 is 9.88. The molecule has 0 saturated carbocycles. The van der Waals surface area contributed by atoms with Crippen molar-refractivity contribution in [2.24, 2.45) is 33.9 Å². The first-order chi connectivity index (χ1) is 69.1. The number of ether oxygens (including phenoxy) is 3. The molecule has 0 unspecified atom stereocenters. The van der Waals surface area contributed by atoms with Gasteiger partial charge in [0, 0.05) is 143 Å². The van der Waals surface area contributed by atoms with Crippen molar-refractivity contribution in [2.75, 3.05) is 37.3 Å². The molecule has 147 heavy (non-hydrogen) atoms. The largest absolute Gasteiger partial charge is 0.490 e. The Morgan fingerprint density at radius 3 is 1.06 bits per heavy atom. The number of nitrogens with zero attached hydrogens (tertiary/aromatic N) is 8. The predicted octanol–water partition coefficient (Wildman–Crippen LogP) is 13.6. The van der Waals surface area contributed by atoms with Crippen LogP contribution in [-0.2, 0) is 87.3 Å². The minimum Gasteiger partial charge on any atom is -0.480 e. The number of fused-ring (bicyclic) bond motifs is 4. The Hall–Kier alpha value is -14.4. The van der Waals surface area contributed by atoms with E-state index in [2.05, 4.69) is 88.4 Å². The van der Waals surface area contributed by atoms with Gasteiger partial charge >= 0.3 is 60.9 Å². The van der Waals surface area contributed by atoms with Crippen molar-refractivity contribution in [3.05, 3.63) is 300 Å². The van der Waals surface area contributed by atoms with Crippen LogP contribution in [0.25, 0.3) is 54.7 Å². The normalized spacial score (nSPS) is 12.8. The number of rotatable bonds is 29. The first kappa shape index (κ1) is 116. The second-order valence-electron chi connectivity index (χ2n) is 32.3. The molecule has 0 aliphatic carbocycles. The number of carboxylic acids is 1. The summed E-state index contributed by atoms with van der Waals surface area (Å²) in [5.41, 5.74) is 4.10. The van der Waals surface area contributed by atoms with Crippen molar-refractivity contribution >= 4 is 163 Å². The zero-order valence-corrected chi connectivity index (χ0v) is 83.5. The Kier molecular flexibility index (Phi) is 40.0. The number of hydrogen-bond acceptors (Lipinski definition) is 24. The van der Waals surface area contributed by atoms with Gasteiger partial charge in [0.25, 0.3) is 28.8 Å². The average molecular weight is 2260 g/mol. The van der Waals surface area contributed by atoms with Crippen molar-refractivity contribution < 1.29 is 129 Å². The molecule has 0 spiro atoms. The zero-order chi connectivity index (χ0) is 109. The van der Waals surface area contributed by atoms with Gasteiger partial charge in [0.2, 0.25) is 0 Å². The third kappa shape index (κ3) is 29.1. The molecule has 0 aliphatic heterocycles. The first-order valence-corrected chi connectivity index (χ1v) is 46.0. The SMILES string of the molecule is CC[C@@H](Nc1cc(F)c(C(=O)N[C@@H](Cc2ccc(-c3cn(C)c(=O)n(C)c3=O)c3ncccc23)C(=O)O)c(F)c1)C(F)(F)F.CC[C@@H](Nc1cc(F)c(C(=O)N[C@@H](Cc2ccc(B(O)O)c3ncccc23)C(=O)OC)c(F)c1)C(F)(F)F.CC[C@@H](Nc1cc(F)c(C(=O)N[C@@H](Cc2ccc(Br)c3ncccc23)C(=O)OC)c(F)c1)C(F)(F)F.COC(=O)[C@@H](N)Cc1ccc(Br)c2ncccc12.Cn1cc(Br)c(=O)n(C)c1=O. The number of pyridine rings is 4. The number of aliphatic carboxylic acids is 1. The van der Waals surface area contributed by atoms with Crippen molar-refractivity contribution in [1.29, 1.82) is 0 Å². The molecule has 0 bridgehead atoms. The molecular weight excluding hydrogens is 2170 g/mol. The number of carboxylic acid groups (broad SMARTS) is 1. The maximum Gasteiger partial charge on any atom is 0.490 e. The lowest BCUT2D eigenvalue weighted by Gasteiger charge is -2.22. The van der Waals surface area contributed by atoms with Gasteiger partial charge in [-0.05, 0) is 169 Å². The number of nitrogens with two attached hydrogens (primary N) is 1. The lowest BCUT2D eigenvalue weighted by atomic mass is 9.77. The highest BCUT2D eigenvalue weighted by atomic mass is 79.9. The summed E-state index contributed by atoms with van der Waals surface area (Å²) in [5.74, 6) is -16.5. The van der Waals surface area contributed by atoms with Crippen LogP contribution in [0.3, 0.4) is 0 Å². The monoisotopic (exact) mass is 2260 g/mol. The van der Waals surface area contributed by atoms with Gasteiger partial charge in [-0.3, -0.25) is 57.8 Å². The number of alkyl halides is 9. The Morgan fingerprint density at radius 1 is 0.408 bits per heavy atom. The molecular formula is C96H90BBr3F15N15O17. The zero-order valence-electron chi connectivity index (χ0n) is 78.7. The second kappa shape index (κ2) is 50.6. The number of nitrogens with one attached hydrogen (secondary N) is 6. The summed E-state index contributed by atoms with van der Waals surface area (Å²) < 4.78 is 226. The molecule has 13 rings (SSSR count). The third-order valence-corrected chi connectivity index (χ3v) is 24.3. The molecule has 3 amide bonds. The molecule has 32 nitrogen and oxygen atoms in total. The van der Waals surface area contributed by atoms with E-state index in [0.29, 0.717) is 101 Å². The highest BCUT2D eigenvalue weighted by molar-refractivity contribution is 9.11. The van der Waals surface area contributed by atoms with Crippen LogP contribution in [0.4, 0.5) is 82.9 Å². The van der Waals surface area contributed by atoms with Gasteiger partial charge in [-0.2, -0.15) is 39.5 Å². The Labute approximate surface area is 849 Å². The van der Waals surface area contributed by atoms with Gasteiger partial charge in [-0.1, -0.05) is 81.4 Å². The molecule has 11 N–H and O–H groups in total. The van der Waals surface area contributed by atoms with Crippen molar-refractivity contribution in [3.63, 3.8) is 0 Å². The number of hydrogen-bond donors (Lipinski definition) is 10. The highest BCUT2D eigenvalue weighted by Gasteiger charge is 2.42. The lowest BCUT2D eigenvalue weighted by molar-refractivity contribution is -0.143. The van der Waals surface area contributed by atoms with Gasteiger partial charge < -0.3 is 76.1 Å². The first-order valence-electron chi connectivity index (χ1n) is 43.6. The summed E-state index contributed by atoms with van der Waals surface area (Å²) in [6.07, 6.45) is -6.49. The Morgan fingerprint density at radius 2 is 0.714 bits per heavy atom. The van der Waals surface area contributed by atoms with Gasteiger partial charge in [0.05, 0.1) is 53.4 Å². The lowest BCUT2D eigenvalue weighted by Crippen LogP contribution is -2.43. The molecule has 0 aliphatic rings. The maximum absolute atomic E-state index is 14.8. The third-order valence-electron chi connectivity index (χ3n) is 22.4. The number of aryl methyl sites for hydroxylation is 2. The number of methoxy groups -OCH3 is 3. The number of aromatic nitrogens is 8. The second-order valence-corrected chi connectivity index (χ2v) is 34.9. The van der Waals surface area contributed by atoms with E-state index in [4.69, 9.17) is 15.2 Å². The fourth-order valence-electron chi connectivity index (χ4n) is 14.9. The standard InChI is InChI=1S/C29H26F5N5O5.C24H23BF5N3O5.C24H21BrF5N3O3.C13H13BrN2O2.C6H7BrN2O2/c1-4-22(29(32,33)34)36-15-11-19(30)23(20(31)12-15)25(40)37-21(27(42)43)10-14-7-8-17(24-16(14)6-5-9-35-24)18-13-38(2)28(44)39(3)26(18)41;1-3-19(24(28,29)30)32-13-10-16(26)20(17(27)11-13)22(34)33-18(23(35)38-2)9-12-6-7-15(25(36)37)21-14(12)5-4-8-31-21;1-3-19(24(28,29)30)32-13-10-16(26)20(17(27)11-13)22(34)33-18(23(35)36-2)9-12-6-7-15(25)21-14(12)5-4-8-31-21;1-18-13(17)11(15)7-8-4-5-10(14)12-9(8)3-2-6-16-12;1-8-3-4(7)5(10)9(2)6(8)11/h5-9,11-13,21-22,36H,4,10H2,1-3H3,(H,37,40)(H,42,43);4-8,10-11,18-19,32,36-37H,3,9H2,1-2H3,(H,33,34);4-8,10-11,18-19,32H,3,9H2,1-2H3,(H,33,34);2-6,11H,7,15H2,1H3;3H,1-2H3/t21-,22+;2*18-,19+;11-;/m0000./s1.